The molecule has 0 aliphatic heterocycles. The van der Waals surface area contributed by atoms with Crippen molar-refractivity contribution in [3.05, 3.63) is 0 Å². The van der Waals surface area contributed by atoms with Crippen molar-refractivity contribution in [3.63, 3.8) is 0 Å². The maximum atomic E-state index is 12.3. The SMILES string of the molecule is CCNC1C(S(=O)CC(C)C)CCC1(C)C. The zero-order chi connectivity index (χ0) is 12.3. The van der Waals surface area contributed by atoms with E-state index in [-0.39, 0.29) is 0 Å². The standard InChI is InChI=1S/C13H27NOS/c1-6-14-12-11(7-8-13(12,4)5)16(15)9-10(2)3/h10-12,14H,6-9H2,1-5H3. The van der Waals surface area contributed by atoms with Crippen LogP contribution in [-0.4, -0.2) is 27.8 Å². The second-order valence-electron chi connectivity index (χ2n) is 6.04. The average Bonchev–Trinajstić information content (AvgIpc) is 2.42. The van der Waals surface area contributed by atoms with Gasteiger partial charge >= 0.3 is 0 Å². The lowest BCUT2D eigenvalue weighted by molar-refractivity contribution is 0.289. The van der Waals surface area contributed by atoms with Gasteiger partial charge < -0.3 is 5.32 Å². The Balaban J connectivity index is 2.69. The second kappa shape index (κ2) is 5.63. The van der Waals surface area contributed by atoms with Crippen molar-refractivity contribution < 1.29 is 4.21 Å². The fourth-order valence-electron chi connectivity index (χ4n) is 2.70. The van der Waals surface area contributed by atoms with E-state index in [1.165, 1.54) is 6.42 Å². The van der Waals surface area contributed by atoms with Crippen LogP contribution in [0.3, 0.4) is 0 Å². The van der Waals surface area contributed by atoms with Crippen LogP contribution in [-0.2, 0) is 10.8 Å². The topological polar surface area (TPSA) is 29.1 Å². The van der Waals surface area contributed by atoms with Crippen LogP contribution in [0.4, 0.5) is 0 Å². The number of hydrogen-bond acceptors (Lipinski definition) is 2. The summed E-state index contributed by atoms with van der Waals surface area (Å²) in [6, 6.07) is 0.428. The molecule has 3 unspecified atom stereocenters. The Morgan fingerprint density at radius 2 is 2.06 bits per heavy atom. The first-order valence-corrected chi connectivity index (χ1v) is 7.87. The minimum atomic E-state index is -0.666. The Labute approximate surface area is 103 Å². The molecule has 0 saturated heterocycles. The van der Waals surface area contributed by atoms with Gasteiger partial charge in [0.05, 0.1) is 5.25 Å². The molecule has 1 saturated carbocycles. The molecule has 0 amide bonds. The first-order chi connectivity index (χ1) is 7.38. The monoisotopic (exact) mass is 245 g/mol. The zero-order valence-electron chi connectivity index (χ0n) is 11.4. The molecule has 0 aromatic rings. The Kier molecular flexibility index (Phi) is 4.99. The molecule has 0 heterocycles. The van der Waals surface area contributed by atoms with Crippen molar-refractivity contribution in [2.45, 2.75) is 58.8 Å². The summed E-state index contributed by atoms with van der Waals surface area (Å²) in [4.78, 5) is 0. The van der Waals surface area contributed by atoms with E-state index >= 15 is 0 Å². The van der Waals surface area contributed by atoms with Crippen molar-refractivity contribution in [1.82, 2.24) is 5.32 Å². The molecule has 16 heavy (non-hydrogen) atoms. The molecular formula is C13H27NOS. The van der Waals surface area contributed by atoms with Crippen LogP contribution in [0.2, 0.25) is 0 Å². The van der Waals surface area contributed by atoms with E-state index in [2.05, 4.69) is 39.9 Å². The fraction of sp³-hybridized carbons (Fsp3) is 1.00. The lowest BCUT2D eigenvalue weighted by atomic mass is 9.87. The van der Waals surface area contributed by atoms with Crippen LogP contribution in [0, 0.1) is 11.3 Å². The Hall–Kier alpha value is 0.110. The van der Waals surface area contributed by atoms with Crippen LogP contribution in [0.5, 0.6) is 0 Å². The average molecular weight is 245 g/mol. The first-order valence-electron chi connectivity index (χ1n) is 6.49. The van der Waals surface area contributed by atoms with Crippen molar-refractivity contribution in [1.29, 1.82) is 0 Å². The Morgan fingerprint density at radius 1 is 1.44 bits per heavy atom. The molecule has 0 aromatic carbocycles. The van der Waals surface area contributed by atoms with E-state index in [4.69, 9.17) is 0 Å². The highest BCUT2D eigenvalue weighted by Gasteiger charge is 2.43. The minimum absolute atomic E-state index is 0.299. The number of nitrogens with one attached hydrogen (secondary N) is 1. The number of rotatable bonds is 5. The lowest BCUT2D eigenvalue weighted by Crippen LogP contribution is -2.46. The molecule has 1 rings (SSSR count). The minimum Gasteiger partial charge on any atom is -0.313 e. The van der Waals surface area contributed by atoms with Crippen LogP contribution in [0.1, 0.15) is 47.5 Å². The van der Waals surface area contributed by atoms with Crippen LogP contribution in [0.25, 0.3) is 0 Å². The molecule has 0 spiro atoms. The summed E-state index contributed by atoms with van der Waals surface area (Å²) in [5.41, 5.74) is 0.299. The van der Waals surface area contributed by atoms with E-state index in [0.29, 0.717) is 22.6 Å². The largest absolute Gasteiger partial charge is 0.313 e. The fourth-order valence-corrected chi connectivity index (χ4v) is 4.76. The van der Waals surface area contributed by atoms with Gasteiger partial charge in [-0.2, -0.15) is 0 Å². The molecule has 1 aliphatic carbocycles. The third-order valence-electron chi connectivity index (χ3n) is 3.55. The van der Waals surface area contributed by atoms with Crippen molar-refractivity contribution in [2.75, 3.05) is 12.3 Å². The molecule has 0 radical (unpaired) electrons. The van der Waals surface area contributed by atoms with Crippen LogP contribution >= 0.6 is 0 Å². The quantitative estimate of drug-likeness (QED) is 0.806. The predicted octanol–water partition coefficient (Wildman–Crippen LogP) is 2.56. The molecule has 1 fully saturated rings. The molecule has 1 aliphatic rings. The van der Waals surface area contributed by atoms with Crippen molar-refractivity contribution in [2.24, 2.45) is 11.3 Å². The van der Waals surface area contributed by atoms with E-state index in [9.17, 15) is 4.21 Å². The van der Waals surface area contributed by atoms with Gasteiger partial charge in [0.25, 0.3) is 0 Å². The smallest absolute Gasteiger partial charge is 0.0506 e. The van der Waals surface area contributed by atoms with Gasteiger partial charge in [0.1, 0.15) is 0 Å². The van der Waals surface area contributed by atoms with Gasteiger partial charge in [0.15, 0.2) is 0 Å². The highest BCUT2D eigenvalue weighted by molar-refractivity contribution is 7.85. The van der Waals surface area contributed by atoms with Gasteiger partial charge in [-0.1, -0.05) is 34.6 Å². The molecule has 96 valence electrons. The third kappa shape index (κ3) is 3.30. The summed E-state index contributed by atoms with van der Waals surface area (Å²) in [5.74, 6) is 1.38. The highest BCUT2D eigenvalue weighted by atomic mass is 32.2. The number of hydrogen-bond donors (Lipinski definition) is 1. The van der Waals surface area contributed by atoms with Crippen LogP contribution in [0.15, 0.2) is 0 Å². The van der Waals surface area contributed by atoms with Gasteiger partial charge in [-0.3, -0.25) is 4.21 Å². The second-order valence-corrected chi connectivity index (χ2v) is 7.74. The highest BCUT2D eigenvalue weighted by Crippen LogP contribution is 2.40. The van der Waals surface area contributed by atoms with Gasteiger partial charge in [-0.15, -0.1) is 0 Å². The summed E-state index contributed by atoms with van der Waals surface area (Å²) in [7, 11) is -0.666. The predicted molar refractivity (Wildman–Crippen MR) is 72.1 cm³/mol. The first kappa shape index (κ1) is 14.2. The van der Waals surface area contributed by atoms with E-state index in [1.54, 1.807) is 0 Å². The molecule has 0 aromatic heterocycles. The van der Waals surface area contributed by atoms with E-state index in [0.717, 1.165) is 18.7 Å². The lowest BCUT2D eigenvalue weighted by Gasteiger charge is -2.31. The molecule has 0 bridgehead atoms. The summed E-state index contributed by atoms with van der Waals surface area (Å²) >= 11 is 0. The Morgan fingerprint density at radius 3 is 2.56 bits per heavy atom. The molecule has 2 nitrogen and oxygen atoms in total. The van der Waals surface area contributed by atoms with Crippen molar-refractivity contribution >= 4 is 10.8 Å². The Bertz CT molecular complexity index is 250. The van der Waals surface area contributed by atoms with Gasteiger partial charge in [0, 0.05) is 22.6 Å². The summed E-state index contributed by atoms with van der Waals surface area (Å²) in [6.45, 7) is 12.0. The molecule has 1 N–H and O–H groups in total. The van der Waals surface area contributed by atoms with E-state index in [1.807, 2.05) is 0 Å². The maximum Gasteiger partial charge on any atom is 0.0506 e. The zero-order valence-corrected chi connectivity index (χ0v) is 12.2. The van der Waals surface area contributed by atoms with Gasteiger partial charge in [-0.05, 0) is 30.7 Å². The summed E-state index contributed by atoms with van der Waals surface area (Å²) in [5, 5.41) is 3.90. The van der Waals surface area contributed by atoms with E-state index < -0.39 is 10.8 Å². The third-order valence-corrected chi connectivity index (χ3v) is 5.72. The summed E-state index contributed by atoms with van der Waals surface area (Å²) < 4.78 is 12.3. The van der Waals surface area contributed by atoms with Gasteiger partial charge in [-0.25, -0.2) is 0 Å². The summed E-state index contributed by atoms with van der Waals surface area (Å²) in [6.07, 6.45) is 2.31. The van der Waals surface area contributed by atoms with Gasteiger partial charge in [0.2, 0.25) is 0 Å². The molecular weight excluding hydrogens is 218 g/mol. The van der Waals surface area contributed by atoms with Crippen LogP contribution < -0.4 is 5.32 Å². The van der Waals surface area contributed by atoms with Crippen molar-refractivity contribution in [3.8, 4) is 0 Å². The normalized spacial score (nSPS) is 30.9. The molecule has 3 heteroatoms. The molecule has 3 atom stereocenters. The maximum absolute atomic E-state index is 12.3.